The van der Waals surface area contributed by atoms with E-state index in [1.165, 1.54) is 0 Å². The van der Waals surface area contributed by atoms with E-state index in [0.29, 0.717) is 17.8 Å². The summed E-state index contributed by atoms with van der Waals surface area (Å²) in [5.74, 6) is -0.414. The fourth-order valence-electron chi connectivity index (χ4n) is 3.90. The molecule has 0 aliphatic carbocycles. The summed E-state index contributed by atoms with van der Waals surface area (Å²) < 4.78 is 1.11. The molecule has 160 valence electrons. The van der Waals surface area contributed by atoms with Gasteiger partial charge in [0.1, 0.15) is 5.56 Å². The van der Waals surface area contributed by atoms with Crippen LogP contribution >= 0.6 is 0 Å². The van der Waals surface area contributed by atoms with E-state index < -0.39 is 17.1 Å². The van der Waals surface area contributed by atoms with Crippen molar-refractivity contribution in [2.24, 2.45) is 5.10 Å². The number of benzene rings is 2. The van der Waals surface area contributed by atoms with Crippen LogP contribution < -0.4 is 21.6 Å². The Labute approximate surface area is 179 Å². The highest BCUT2D eigenvalue weighted by Gasteiger charge is 2.27. The molecular formula is C23H25N5O3. The first-order valence-corrected chi connectivity index (χ1v) is 10.0. The number of rotatable bonds is 4. The average molecular weight is 419 g/mol. The van der Waals surface area contributed by atoms with E-state index in [0.717, 1.165) is 26.9 Å². The zero-order chi connectivity index (χ0) is 22.3. The maximum absolute atomic E-state index is 12.6. The van der Waals surface area contributed by atoms with Crippen LogP contribution in [0.15, 0.2) is 57.2 Å². The zero-order valence-electron chi connectivity index (χ0n) is 17.9. The van der Waals surface area contributed by atoms with Crippen molar-refractivity contribution in [3.63, 3.8) is 0 Å². The fraction of sp³-hybridized carbons (Fsp3) is 0.261. The number of hydrazone groups is 1. The molecule has 1 aliphatic heterocycles. The van der Waals surface area contributed by atoms with E-state index >= 15 is 0 Å². The molecule has 0 bridgehead atoms. The highest BCUT2D eigenvalue weighted by Crippen LogP contribution is 2.28. The molecule has 0 saturated carbocycles. The Balaban J connectivity index is 1.70. The second kappa shape index (κ2) is 7.79. The molecule has 4 rings (SSSR count). The molecule has 0 saturated heterocycles. The summed E-state index contributed by atoms with van der Waals surface area (Å²) in [6, 6.07) is 13.4. The first-order valence-electron chi connectivity index (χ1n) is 10.0. The van der Waals surface area contributed by atoms with Crippen LogP contribution in [0.4, 0.5) is 5.69 Å². The fourth-order valence-corrected chi connectivity index (χ4v) is 3.90. The number of H-pyrrole nitrogens is 1. The molecule has 8 nitrogen and oxygen atoms in total. The molecule has 2 heterocycles. The molecule has 3 N–H and O–H groups in total. The van der Waals surface area contributed by atoms with Gasteiger partial charge >= 0.3 is 5.69 Å². The SMILES string of the molecule is Cc1cc(C)cc(-n2c(O)c(C3=NN[C@H](c4ccc(N(C)C)cc4)C3)c(=O)[nH]c2=O)c1. The van der Waals surface area contributed by atoms with Crippen LogP contribution in [0, 0.1) is 13.8 Å². The Morgan fingerprint density at radius 1 is 1.06 bits per heavy atom. The van der Waals surface area contributed by atoms with Gasteiger partial charge in [0, 0.05) is 26.2 Å². The third-order valence-electron chi connectivity index (χ3n) is 5.40. The van der Waals surface area contributed by atoms with Crippen molar-refractivity contribution < 1.29 is 5.11 Å². The molecular weight excluding hydrogens is 394 g/mol. The van der Waals surface area contributed by atoms with Gasteiger partial charge in [-0.2, -0.15) is 5.10 Å². The molecule has 1 aromatic heterocycles. The van der Waals surface area contributed by atoms with Crippen molar-refractivity contribution in [1.82, 2.24) is 15.0 Å². The van der Waals surface area contributed by atoms with Gasteiger partial charge < -0.3 is 15.4 Å². The number of aromatic amines is 1. The lowest BCUT2D eigenvalue weighted by Gasteiger charge is -2.15. The topological polar surface area (TPSA) is 103 Å². The number of anilines is 1. The maximum Gasteiger partial charge on any atom is 0.335 e. The van der Waals surface area contributed by atoms with Gasteiger partial charge in [0.2, 0.25) is 5.88 Å². The summed E-state index contributed by atoms with van der Waals surface area (Å²) >= 11 is 0. The maximum atomic E-state index is 12.6. The van der Waals surface area contributed by atoms with Crippen LogP contribution in [0.5, 0.6) is 5.88 Å². The van der Waals surface area contributed by atoms with Crippen LogP contribution in [0.2, 0.25) is 0 Å². The number of aromatic hydroxyl groups is 1. The Bertz CT molecular complexity index is 1270. The van der Waals surface area contributed by atoms with Gasteiger partial charge in [-0.3, -0.25) is 9.78 Å². The minimum Gasteiger partial charge on any atom is -0.493 e. The standard InChI is InChI=1S/C23H25N5O3/c1-13-9-14(2)11-17(10-13)28-22(30)20(21(29)24-23(28)31)19-12-18(25-26-19)15-5-7-16(8-6-15)27(3)4/h5-11,18,25,30H,12H2,1-4H3,(H,24,29,31)/t18-/m0/s1. The van der Waals surface area contributed by atoms with E-state index in [1.807, 2.05) is 63.2 Å². The predicted molar refractivity (Wildman–Crippen MR) is 122 cm³/mol. The van der Waals surface area contributed by atoms with Gasteiger partial charge in [-0.1, -0.05) is 18.2 Å². The number of hydrogen-bond donors (Lipinski definition) is 3. The van der Waals surface area contributed by atoms with Gasteiger partial charge in [-0.25, -0.2) is 9.36 Å². The van der Waals surface area contributed by atoms with E-state index in [4.69, 9.17) is 0 Å². The molecule has 3 aromatic rings. The van der Waals surface area contributed by atoms with Crippen molar-refractivity contribution in [1.29, 1.82) is 0 Å². The number of nitrogens with one attached hydrogen (secondary N) is 2. The molecule has 0 radical (unpaired) electrons. The first kappa shape index (κ1) is 20.5. The molecule has 1 atom stereocenters. The molecule has 0 amide bonds. The van der Waals surface area contributed by atoms with Crippen molar-refractivity contribution >= 4 is 11.4 Å². The third-order valence-corrected chi connectivity index (χ3v) is 5.40. The van der Waals surface area contributed by atoms with Gasteiger partial charge in [0.05, 0.1) is 17.4 Å². The summed E-state index contributed by atoms with van der Waals surface area (Å²) in [6.45, 7) is 3.81. The van der Waals surface area contributed by atoms with E-state index in [-0.39, 0.29) is 11.6 Å². The highest BCUT2D eigenvalue weighted by molar-refractivity contribution is 6.03. The van der Waals surface area contributed by atoms with Crippen LogP contribution in [-0.2, 0) is 0 Å². The van der Waals surface area contributed by atoms with Crippen molar-refractivity contribution in [3.8, 4) is 11.6 Å². The van der Waals surface area contributed by atoms with Gasteiger partial charge in [-0.05, 0) is 54.8 Å². The summed E-state index contributed by atoms with van der Waals surface area (Å²) in [5, 5.41) is 15.2. The number of hydrogen-bond acceptors (Lipinski definition) is 6. The Hall–Kier alpha value is -3.81. The minimum atomic E-state index is -0.696. The zero-order valence-corrected chi connectivity index (χ0v) is 17.9. The largest absolute Gasteiger partial charge is 0.493 e. The van der Waals surface area contributed by atoms with Crippen LogP contribution in [0.25, 0.3) is 5.69 Å². The molecule has 2 aromatic carbocycles. The lowest BCUT2D eigenvalue weighted by Crippen LogP contribution is -2.33. The number of nitrogens with zero attached hydrogens (tertiary/aromatic N) is 3. The van der Waals surface area contributed by atoms with E-state index in [1.54, 1.807) is 12.1 Å². The predicted octanol–water partition coefficient (Wildman–Crippen LogP) is 2.35. The van der Waals surface area contributed by atoms with Crippen molar-refractivity contribution in [3.05, 3.63) is 85.6 Å². The number of aromatic nitrogens is 2. The smallest absolute Gasteiger partial charge is 0.335 e. The molecule has 1 aliphatic rings. The monoisotopic (exact) mass is 419 g/mol. The van der Waals surface area contributed by atoms with E-state index in [9.17, 15) is 14.7 Å². The van der Waals surface area contributed by atoms with Crippen molar-refractivity contribution in [2.45, 2.75) is 26.3 Å². The summed E-state index contributed by atoms with van der Waals surface area (Å²) in [7, 11) is 3.95. The second-order valence-corrected chi connectivity index (χ2v) is 8.07. The summed E-state index contributed by atoms with van der Waals surface area (Å²) in [6.07, 6.45) is 0.406. The molecule has 8 heteroatoms. The minimum absolute atomic E-state index is 0.00123. The summed E-state index contributed by atoms with van der Waals surface area (Å²) in [5.41, 5.74) is 6.55. The lowest BCUT2D eigenvalue weighted by atomic mass is 9.99. The first-order chi connectivity index (χ1) is 14.7. The molecule has 31 heavy (non-hydrogen) atoms. The Morgan fingerprint density at radius 3 is 2.32 bits per heavy atom. The Kier molecular flexibility index (Phi) is 5.14. The van der Waals surface area contributed by atoms with Crippen LogP contribution in [-0.4, -0.2) is 34.5 Å². The van der Waals surface area contributed by atoms with E-state index in [2.05, 4.69) is 15.5 Å². The van der Waals surface area contributed by atoms with Gasteiger partial charge in [-0.15, -0.1) is 0 Å². The second-order valence-electron chi connectivity index (χ2n) is 8.07. The third kappa shape index (κ3) is 3.84. The highest BCUT2D eigenvalue weighted by atomic mass is 16.3. The normalized spacial score (nSPS) is 15.5. The van der Waals surface area contributed by atoms with Gasteiger partial charge in [0.25, 0.3) is 5.56 Å². The van der Waals surface area contributed by atoms with Crippen LogP contribution in [0.3, 0.4) is 0 Å². The number of aryl methyl sites for hydroxylation is 2. The average Bonchev–Trinajstić information content (AvgIpc) is 3.16. The summed E-state index contributed by atoms with van der Waals surface area (Å²) in [4.78, 5) is 29.4. The van der Waals surface area contributed by atoms with Gasteiger partial charge in [0.15, 0.2) is 0 Å². The molecule has 0 fully saturated rings. The molecule has 0 unspecified atom stereocenters. The lowest BCUT2D eigenvalue weighted by molar-refractivity contribution is 0.429. The molecule has 0 spiro atoms. The quantitative estimate of drug-likeness (QED) is 0.602. The van der Waals surface area contributed by atoms with Crippen LogP contribution in [0.1, 0.15) is 34.7 Å². The van der Waals surface area contributed by atoms with Crippen molar-refractivity contribution in [2.75, 3.05) is 19.0 Å². The Morgan fingerprint density at radius 2 is 1.71 bits per heavy atom.